The van der Waals surface area contributed by atoms with E-state index in [0.29, 0.717) is 31.5 Å². The summed E-state index contributed by atoms with van der Waals surface area (Å²) in [6.45, 7) is 10.3. The Balaban J connectivity index is 2.21. The Morgan fingerprint density at radius 1 is 1.10 bits per heavy atom. The zero-order valence-corrected chi connectivity index (χ0v) is 18.2. The van der Waals surface area contributed by atoms with Crippen molar-refractivity contribution in [3.8, 4) is 0 Å². The number of likely N-dealkylation sites (tertiary alicyclic amines) is 1. The molecular weight excluding hydrogens is 372 g/mol. The van der Waals surface area contributed by atoms with Crippen LogP contribution in [0.15, 0.2) is 17.1 Å². The molecule has 1 aliphatic rings. The molecule has 1 fully saturated rings. The maximum Gasteiger partial charge on any atom is 0.274 e. The lowest BCUT2D eigenvalue weighted by atomic mass is 9.96. The smallest absolute Gasteiger partial charge is 0.274 e. The molecule has 160 valence electrons. The van der Waals surface area contributed by atoms with E-state index in [-0.39, 0.29) is 47.0 Å². The van der Waals surface area contributed by atoms with Gasteiger partial charge in [-0.2, -0.15) is 0 Å². The third kappa shape index (κ3) is 5.25. The van der Waals surface area contributed by atoms with Crippen LogP contribution in [0, 0.1) is 5.92 Å². The molecule has 0 aliphatic carbocycles. The van der Waals surface area contributed by atoms with Crippen molar-refractivity contribution < 1.29 is 14.4 Å². The number of carbonyl (C=O) groups is 3. The fraction of sp³-hybridized carbons (Fsp3) is 0.619. The quantitative estimate of drug-likeness (QED) is 0.811. The average Bonchev–Trinajstić information content (AvgIpc) is 2.64. The van der Waals surface area contributed by atoms with E-state index in [1.54, 1.807) is 16.8 Å². The summed E-state index contributed by atoms with van der Waals surface area (Å²) >= 11 is 0. The van der Waals surface area contributed by atoms with Crippen LogP contribution in [0.25, 0.3) is 0 Å². The van der Waals surface area contributed by atoms with Gasteiger partial charge in [0, 0.05) is 51.3 Å². The fourth-order valence-electron chi connectivity index (χ4n) is 3.82. The molecule has 2 rings (SSSR count). The van der Waals surface area contributed by atoms with Gasteiger partial charge in [0.05, 0.1) is 5.56 Å². The van der Waals surface area contributed by atoms with Crippen molar-refractivity contribution in [2.75, 3.05) is 18.4 Å². The maximum atomic E-state index is 13.0. The van der Waals surface area contributed by atoms with Crippen LogP contribution in [-0.4, -0.2) is 57.3 Å². The molecule has 0 saturated carbocycles. The highest BCUT2D eigenvalue weighted by Gasteiger charge is 2.27. The monoisotopic (exact) mass is 404 g/mol. The predicted molar refractivity (Wildman–Crippen MR) is 112 cm³/mol. The van der Waals surface area contributed by atoms with Crippen LogP contribution in [0.5, 0.6) is 0 Å². The van der Waals surface area contributed by atoms with Gasteiger partial charge in [-0.25, -0.2) is 0 Å². The van der Waals surface area contributed by atoms with E-state index in [9.17, 15) is 19.2 Å². The van der Waals surface area contributed by atoms with Crippen LogP contribution >= 0.6 is 0 Å². The van der Waals surface area contributed by atoms with Crippen LogP contribution in [0.2, 0.25) is 0 Å². The molecule has 29 heavy (non-hydrogen) atoms. The van der Waals surface area contributed by atoms with E-state index >= 15 is 0 Å². The first-order valence-electron chi connectivity index (χ1n) is 10.1. The average molecular weight is 405 g/mol. The van der Waals surface area contributed by atoms with Crippen molar-refractivity contribution in [3.05, 3.63) is 28.2 Å². The first-order valence-corrected chi connectivity index (χ1v) is 10.1. The molecule has 0 spiro atoms. The Labute approximate surface area is 171 Å². The minimum atomic E-state index is -0.364. The molecule has 0 radical (unpaired) electrons. The lowest BCUT2D eigenvalue weighted by Crippen LogP contribution is -2.43. The number of amides is 3. The lowest BCUT2D eigenvalue weighted by molar-refractivity contribution is -0.132. The van der Waals surface area contributed by atoms with Gasteiger partial charge >= 0.3 is 0 Å². The third-order valence-corrected chi connectivity index (χ3v) is 5.35. The molecular formula is C21H32N4O4. The summed E-state index contributed by atoms with van der Waals surface area (Å²) in [7, 11) is 1.56. The van der Waals surface area contributed by atoms with Crippen LogP contribution < -0.4 is 10.9 Å². The summed E-state index contributed by atoms with van der Waals surface area (Å²) in [5.41, 5.74) is 0.0951. The highest BCUT2D eigenvalue weighted by Crippen LogP contribution is 2.20. The van der Waals surface area contributed by atoms with Crippen LogP contribution in [0.1, 0.15) is 57.8 Å². The molecule has 2 heterocycles. The first-order chi connectivity index (χ1) is 13.5. The highest BCUT2D eigenvalue weighted by atomic mass is 16.2. The van der Waals surface area contributed by atoms with Crippen molar-refractivity contribution in [1.29, 1.82) is 0 Å². The van der Waals surface area contributed by atoms with Crippen LogP contribution in [-0.2, 0) is 16.6 Å². The number of aromatic nitrogens is 1. The van der Waals surface area contributed by atoms with Gasteiger partial charge in [-0.3, -0.25) is 19.2 Å². The zero-order chi connectivity index (χ0) is 21.9. The van der Waals surface area contributed by atoms with Gasteiger partial charge in [0.2, 0.25) is 11.8 Å². The second-order valence-electron chi connectivity index (χ2n) is 8.23. The molecule has 1 saturated heterocycles. The van der Waals surface area contributed by atoms with E-state index in [1.165, 1.54) is 23.8 Å². The summed E-state index contributed by atoms with van der Waals surface area (Å²) in [5.74, 6) is -0.698. The Morgan fingerprint density at radius 3 is 2.14 bits per heavy atom. The Hall–Kier alpha value is -2.64. The zero-order valence-electron chi connectivity index (χ0n) is 18.2. The SMILES string of the molecule is CC(=O)N1CCC(C(=O)Nc2cc(C(=O)N(C(C)C)C(C)C)cn(C)c2=O)CC1. The topological polar surface area (TPSA) is 91.7 Å². The Bertz CT molecular complexity index is 828. The minimum Gasteiger partial charge on any atom is -0.343 e. The molecule has 0 unspecified atom stereocenters. The number of pyridine rings is 1. The second-order valence-corrected chi connectivity index (χ2v) is 8.23. The number of nitrogens with zero attached hydrogens (tertiary/aromatic N) is 3. The number of carbonyl (C=O) groups excluding carboxylic acids is 3. The van der Waals surface area contributed by atoms with Gasteiger partial charge in [0.25, 0.3) is 11.5 Å². The second kappa shape index (κ2) is 9.24. The van der Waals surface area contributed by atoms with Crippen molar-refractivity contribution in [2.24, 2.45) is 13.0 Å². The van der Waals surface area contributed by atoms with E-state index in [2.05, 4.69) is 5.32 Å². The lowest BCUT2D eigenvalue weighted by Gasteiger charge is -2.31. The van der Waals surface area contributed by atoms with Gasteiger partial charge in [-0.1, -0.05) is 0 Å². The van der Waals surface area contributed by atoms with Gasteiger partial charge in [-0.15, -0.1) is 0 Å². The van der Waals surface area contributed by atoms with E-state index in [4.69, 9.17) is 0 Å². The number of hydrogen-bond donors (Lipinski definition) is 1. The molecule has 1 aromatic heterocycles. The van der Waals surface area contributed by atoms with Gasteiger partial charge < -0.3 is 19.7 Å². The van der Waals surface area contributed by atoms with Gasteiger partial charge in [-0.05, 0) is 46.6 Å². The summed E-state index contributed by atoms with van der Waals surface area (Å²) in [5, 5.41) is 2.71. The molecule has 3 amide bonds. The Kier molecular flexibility index (Phi) is 7.21. The predicted octanol–water partition coefficient (Wildman–Crippen LogP) is 1.84. The summed E-state index contributed by atoms with van der Waals surface area (Å²) in [6, 6.07) is 1.47. The first kappa shape index (κ1) is 22.6. The maximum absolute atomic E-state index is 13.0. The van der Waals surface area contributed by atoms with Crippen molar-refractivity contribution in [1.82, 2.24) is 14.4 Å². The number of hydrogen-bond acceptors (Lipinski definition) is 4. The normalized spacial score (nSPS) is 15.0. The number of aryl methyl sites for hydroxylation is 1. The largest absolute Gasteiger partial charge is 0.343 e. The molecule has 0 bridgehead atoms. The molecule has 1 aliphatic heterocycles. The molecule has 8 nitrogen and oxygen atoms in total. The van der Waals surface area contributed by atoms with Crippen LogP contribution in [0.3, 0.4) is 0 Å². The minimum absolute atomic E-state index is 0.00352. The summed E-state index contributed by atoms with van der Waals surface area (Å²) in [6.07, 6.45) is 2.61. The van der Waals surface area contributed by atoms with E-state index in [1.807, 2.05) is 27.7 Å². The molecule has 0 aromatic carbocycles. The molecule has 0 atom stereocenters. The van der Waals surface area contributed by atoms with E-state index in [0.717, 1.165) is 0 Å². The molecule has 1 N–H and O–H groups in total. The highest BCUT2D eigenvalue weighted by molar-refractivity contribution is 5.97. The van der Waals surface area contributed by atoms with Crippen molar-refractivity contribution in [3.63, 3.8) is 0 Å². The molecule has 1 aromatic rings. The standard InChI is InChI=1S/C21H32N4O4/c1-13(2)25(14(3)4)20(28)17-11-18(21(29)23(6)12-17)22-19(27)16-7-9-24(10-8-16)15(5)26/h11-14,16H,7-10H2,1-6H3,(H,22,27). The number of nitrogens with one attached hydrogen (secondary N) is 1. The van der Waals surface area contributed by atoms with Crippen LogP contribution in [0.4, 0.5) is 5.69 Å². The van der Waals surface area contributed by atoms with Gasteiger partial charge in [0.1, 0.15) is 5.69 Å². The van der Waals surface area contributed by atoms with E-state index < -0.39 is 0 Å². The summed E-state index contributed by atoms with van der Waals surface area (Å²) < 4.78 is 1.32. The Morgan fingerprint density at radius 2 is 1.66 bits per heavy atom. The third-order valence-electron chi connectivity index (χ3n) is 5.35. The number of piperidine rings is 1. The molecule has 8 heteroatoms. The number of anilines is 1. The van der Waals surface area contributed by atoms with Crippen molar-refractivity contribution in [2.45, 2.75) is 59.5 Å². The fourth-order valence-corrected chi connectivity index (χ4v) is 3.82. The number of rotatable bonds is 5. The van der Waals surface area contributed by atoms with Crippen molar-refractivity contribution >= 4 is 23.4 Å². The summed E-state index contributed by atoms with van der Waals surface area (Å²) in [4.78, 5) is 53.1. The van der Waals surface area contributed by atoms with Gasteiger partial charge in [0.15, 0.2) is 0 Å².